The standard InChI is InChI=1S/C22H35N3O3.HI/c1-3-26-14-11-22(9-4-5-10-22)17-25-21(23-2)24-16-18-7-8-19-20(15-18)28-13-6-12-27-19;/h7-8,15H,3-6,9-14,16-17H2,1-2H3,(H2,23,24,25);1H. The van der Waals surface area contributed by atoms with Crippen LogP contribution < -0.4 is 20.1 Å². The second-order valence-corrected chi connectivity index (χ2v) is 7.76. The molecule has 0 atom stereocenters. The van der Waals surface area contributed by atoms with E-state index in [2.05, 4.69) is 34.7 Å². The molecular weight excluding hydrogens is 481 g/mol. The first-order valence-electron chi connectivity index (χ1n) is 10.7. The van der Waals surface area contributed by atoms with Crippen LogP contribution in [0.15, 0.2) is 23.2 Å². The van der Waals surface area contributed by atoms with E-state index in [1.165, 1.54) is 25.7 Å². The van der Waals surface area contributed by atoms with Crippen LogP contribution in [0, 0.1) is 5.41 Å². The van der Waals surface area contributed by atoms with Crippen molar-refractivity contribution < 1.29 is 14.2 Å². The van der Waals surface area contributed by atoms with E-state index in [0.717, 1.165) is 55.6 Å². The summed E-state index contributed by atoms with van der Waals surface area (Å²) >= 11 is 0. The van der Waals surface area contributed by atoms with Crippen molar-refractivity contribution in [2.45, 2.75) is 52.0 Å². The second-order valence-electron chi connectivity index (χ2n) is 7.76. The van der Waals surface area contributed by atoms with E-state index in [-0.39, 0.29) is 24.0 Å². The van der Waals surface area contributed by atoms with Gasteiger partial charge in [0.05, 0.1) is 13.2 Å². The lowest BCUT2D eigenvalue weighted by Crippen LogP contribution is -2.43. The topological polar surface area (TPSA) is 64.1 Å². The Morgan fingerprint density at radius 2 is 1.86 bits per heavy atom. The number of fused-ring (bicyclic) bond motifs is 1. The molecule has 7 heteroatoms. The minimum absolute atomic E-state index is 0. The summed E-state index contributed by atoms with van der Waals surface area (Å²) in [4.78, 5) is 4.40. The van der Waals surface area contributed by atoms with Crippen LogP contribution >= 0.6 is 24.0 Å². The van der Waals surface area contributed by atoms with Gasteiger partial charge in [-0.25, -0.2) is 0 Å². The fourth-order valence-corrected chi connectivity index (χ4v) is 4.07. The zero-order chi connectivity index (χ0) is 19.7. The molecule has 3 rings (SSSR count). The van der Waals surface area contributed by atoms with Crippen LogP contribution in [-0.4, -0.2) is 46.0 Å². The number of benzene rings is 1. The summed E-state index contributed by atoms with van der Waals surface area (Å²) in [5.41, 5.74) is 1.49. The number of ether oxygens (including phenoxy) is 3. The largest absolute Gasteiger partial charge is 0.490 e. The quantitative estimate of drug-likeness (QED) is 0.235. The minimum atomic E-state index is 0. The van der Waals surface area contributed by atoms with Crippen molar-refractivity contribution in [3.63, 3.8) is 0 Å². The first-order chi connectivity index (χ1) is 13.7. The molecule has 0 unspecified atom stereocenters. The Morgan fingerprint density at radius 1 is 1.10 bits per heavy atom. The molecule has 0 saturated heterocycles. The van der Waals surface area contributed by atoms with Gasteiger partial charge in [-0.15, -0.1) is 24.0 Å². The summed E-state index contributed by atoms with van der Waals surface area (Å²) in [6.07, 6.45) is 7.21. The molecule has 1 aliphatic carbocycles. The highest BCUT2D eigenvalue weighted by Gasteiger charge is 2.33. The third-order valence-corrected chi connectivity index (χ3v) is 5.77. The van der Waals surface area contributed by atoms with E-state index in [1.54, 1.807) is 0 Å². The van der Waals surface area contributed by atoms with Crippen LogP contribution in [0.3, 0.4) is 0 Å². The SMILES string of the molecule is CCOCCC1(CNC(=NC)NCc2ccc3c(c2)OCCCO3)CCCC1.I. The third-order valence-electron chi connectivity index (χ3n) is 5.77. The first kappa shape index (κ1) is 24.1. The molecule has 2 aliphatic rings. The monoisotopic (exact) mass is 517 g/mol. The molecule has 0 amide bonds. The average Bonchev–Trinajstić information content (AvgIpc) is 3.05. The zero-order valence-electron chi connectivity index (χ0n) is 17.8. The van der Waals surface area contributed by atoms with Gasteiger partial charge in [-0.05, 0) is 49.3 Å². The molecule has 2 N–H and O–H groups in total. The first-order valence-corrected chi connectivity index (χ1v) is 10.7. The highest BCUT2D eigenvalue weighted by molar-refractivity contribution is 14.0. The highest BCUT2D eigenvalue weighted by Crippen LogP contribution is 2.40. The number of guanidine groups is 1. The molecule has 0 radical (unpaired) electrons. The summed E-state index contributed by atoms with van der Waals surface area (Å²) in [5.74, 6) is 2.51. The van der Waals surface area contributed by atoms with Gasteiger partial charge in [-0.3, -0.25) is 4.99 Å². The van der Waals surface area contributed by atoms with Gasteiger partial charge in [0, 0.05) is 39.8 Å². The smallest absolute Gasteiger partial charge is 0.191 e. The lowest BCUT2D eigenvalue weighted by atomic mass is 9.83. The number of hydrogen-bond acceptors (Lipinski definition) is 4. The van der Waals surface area contributed by atoms with Crippen LogP contribution in [0.2, 0.25) is 0 Å². The lowest BCUT2D eigenvalue weighted by Gasteiger charge is -2.30. The van der Waals surface area contributed by atoms with Crippen molar-refractivity contribution >= 4 is 29.9 Å². The van der Waals surface area contributed by atoms with Crippen molar-refractivity contribution in [2.75, 3.05) is 40.0 Å². The Balaban J connectivity index is 0.00000300. The van der Waals surface area contributed by atoms with Crippen LogP contribution in [0.4, 0.5) is 0 Å². The molecule has 6 nitrogen and oxygen atoms in total. The molecule has 1 heterocycles. The molecular formula is C22H36IN3O3. The molecule has 1 aromatic rings. The normalized spacial score (nSPS) is 17.9. The maximum Gasteiger partial charge on any atom is 0.191 e. The molecule has 29 heavy (non-hydrogen) atoms. The molecule has 1 fully saturated rings. The van der Waals surface area contributed by atoms with Gasteiger partial charge in [0.25, 0.3) is 0 Å². The number of aliphatic imine (C=N–C) groups is 1. The number of nitrogens with one attached hydrogen (secondary N) is 2. The number of hydrogen-bond donors (Lipinski definition) is 2. The lowest BCUT2D eigenvalue weighted by molar-refractivity contribution is 0.105. The zero-order valence-corrected chi connectivity index (χ0v) is 20.1. The molecule has 0 aromatic heterocycles. The van der Waals surface area contributed by atoms with Crippen molar-refractivity contribution in [3.05, 3.63) is 23.8 Å². The van der Waals surface area contributed by atoms with Crippen molar-refractivity contribution in [2.24, 2.45) is 10.4 Å². The maximum absolute atomic E-state index is 5.79. The predicted molar refractivity (Wildman–Crippen MR) is 128 cm³/mol. The van der Waals surface area contributed by atoms with Crippen LogP contribution in [0.1, 0.15) is 51.0 Å². The summed E-state index contributed by atoms with van der Waals surface area (Å²) in [6, 6.07) is 6.13. The summed E-state index contributed by atoms with van der Waals surface area (Å²) in [6.45, 7) is 6.76. The third kappa shape index (κ3) is 7.20. The summed E-state index contributed by atoms with van der Waals surface area (Å²) < 4.78 is 17.1. The van der Waals surface area contributed by atoms with Crippen molar-refractivity contribution in [1.82, 2.24) is 10.6 Å². The summed E-state index contributed by atoms with van der Waals surface area (Å²) in [7, 11) is 1.82. The van der Waals surface area contributed by atoms with Gasteiger partial charge in [0.1, 0.15) is 0 Å². The van der Waals surface area contributed by atoms with Gasteiger partial charge >= 0.3 is 0 Å². The number of rotatable bonds is 8. The van der Waals surface area contributed by atoms with Gasteiger partial charge in [0.15, 0.2) is 17.5 Å². The minimum Gasteiger partial charge on any atom is -0.490 e. The van der Waals surface area contributed by atoms with E-state index in [4.69, 9.17) is 14.2 Å². The van der Waals surface area contributed by atoms with Crippen LogP contribution in [0.5, 0.6) is 11.5 Å². The number of halogens is 1. The van der Waals surface area contributed by atoms with E-state index in [9.17, 15) is 0 Å². The number of nitrogens with zero attached hydrogens (tertiary/aromatic N) is 1. The fraction of sp³-hybridized carbons (Fsp3) is 0.682. The fourth-order valence-electron chi connectivity index (χ4n) is 4.07. The Labute approximate surface area is 192 Å². The van der Waals surface area contributed by atoms with E-state index in [1.807, 2.05) is 13.1 Å². The molecule has 1 aromatic carbocycles. The Bertz CT molecular complexity index is 648. The Hall–Kier alpha value is -1.22. The van der Waals surface area contributed by atoms with E-state index >= 15 is 0 Å². The maximum atomic E-state index is 5.79. The van der Waals surface area contributed by atoms with Crippen LogP contribution in [0.25, 0.3) is 0 Å². The Morgan fingerprint density at radius 3 is 2.59 bits per heavy atom. The molecule has 0 bridgehead atoms. The van der Waals surface area contributed by atoms with E-state index in [0.29, 0.717) is 25.2 Å². The molecule has 1 saturated carbocycles. The molecule has 0 spiro atoms. The van der Waals surface area contributed by atoms with Gasteiger partial charge in [0.2, 0.25) is 0 Å². The highest BCUT2D eigenvalue weighted by atomic mass is 127. The van der Waals surface area contributed by atoms with E-state index < -0.39 is 0 Å². The molecule has 1 aliphatic heterocycles. The van der Waals surface area contributed by atoms with Crippen molar-refractivity contribution in [1.29, 1.82) is 0 Å². The Kier molecular flexibility index (Phi) is 10.3. The second kappa shape index (κ2) is 12.5. The van der Waals surface area contributed by atoms with Crippen LogP contribution in [-0.2, 0) is 11.3 Å². The average molecular weight is 517 g/mol. The predicted octanol–water partition coefficient (Wildman–Crippen LogP) is 4.12. The molecule has 164 valence electrons. The van der Waals surface area contributed by atoms with Crippen molar-refractivity contribution in [3.8, 4) is 11.5 Å². The van der Waals surface area contributed by atoms with Gasteiger partial charge in [-0.2, -0.15) is 0 Å². The summed E-state index contributed by atoms with van der Waals surface area (Å²) in [5, 5.41) is 6.98. The van der Waals surface area contributed by atoms with Gasteiger partial charge in [-0.1, -0.05) is 18.9 Å². The van der Waals surface area contributed by atoms with Gasteiger partial charge < -0.3 is 24.8 Å².